The first-order valence-corrected chi connectivity index (χ1v) is 8.24. The average Bonchev–Trinajstić information content (AvgIpc) is 2.91. The van der Waals surface area contributed by atoms with E-state index in [0.717, 1.165) is 30.7 Å². The van der Waals surface area contributed by atoms with E-state index in [-0.39, 0.29) is 11.3 Å². The van der Waals surface area contributed by atoms with Gasteiger partial charge in [-0.05, 0) is 39.3 Å². The monoisotopic (exact) mass is 309 g/mol. The molecular weight excluding hydrogens is 278 g/mol. The maximum atomic E-state index is 12.4. The van der Waals surface area contributed by atoms with Crippen LogP contribution in [0.15, 0.2) is 4.52 Å². The van der Waals surface area contributed by atoms with E-state index >= 15 is 0 Å². The van der Waals surface area contributed by atoms with Crippen LogP contribution in [0.1, 0.15) is 62.9 Å². The number of amides is 1. The highest BCUT2D eigenvalue weighted by atomic mass is 16.5. The van der Waals surface area contributed by atoms with Crippen LogP contribution in [0.25, 0.3) is 0 Å². The molecule has 1 aromatic heterocycles. The fourth-order valence-electron chi connectivity index (χ4n) is 2.65. The third-order valence-electron chi connectivity index (χ3n) is 5.19. The van der Waals surface area contributed by atoms with Crippen molar-refractivity contribution in [1.82, 2.24) is 15.4 Å². The SMILES string of the molecule is CCc1onc(C(=O)NCC(C)(CC)C(C)N(C)CC)c1C. The van der Waals surface area contributed by atoms with Gasteiger partial charge in [0, 0.05) is 24.6 Å². The number of hydrogen-bond acceptors (Lipinski definition) is 4. The van der Waals surface area contributed by atoms with Gasteiger partial charge < -0.3 is 14.7 Å². The van der Waals surface area contributed by atoms with Gasteiger partial charge in [-0.3, -0.25) is 4.79 Å². The van der Waals surface area contributed by atoms with Gasteiger partial charge in [-0.15, -0.1) is 0 Å². The van der Waals surface area contributed by atoms with Gasteiger partial charge in [-0.1, -0.05) is 32.9 Å². The number of rotatable bonds is 8. The van der Waals surface area contributed by atoms with Gasteiger partial charge in [-0.25, -0.2) is 0 Å². The lowest BCUT2D eigenvalue weighted by molar-refractivity contribution is 0.0833. The minimum absolute atomic E-state index is 0.0195. The number of nitrogens with one attached hydrogen (secondary N) is 1. The van der Waals surface area contributed by atoms with Crippen LogP contribution < -0.4 is 5.32 Å². The summed E-state index contributed by atoms with van der Waals surface area (Å²) < 4.78 is 5.21. The smallest absolute Gasteiger partial charge is 0.273 e. The summed E-state index contributed by atoms with van der Waals surface area (Å²) in [6.07, 6.45) is 1.74. The molecule has 5 nitrogen and oxygen atoms in total. The zero-order valence-electron chi connectivity index (χ0n) is 15.1. The Morgan fingerprint density at radius 1 is 1.41 bits per heavy atom. The van der Waals surface area contributed by atoms with Crippen LogP contribution in [0.5, 0.6) is 0 Å². The minimum Gasteiger partial charge on any atom is -0.360 e. The quantitative estimate of drug-likeness (QED) is 0.802. The number of hydrogen-bond donors (Lipinski definition) is 1. The molecule has 0 saturated heterocycles. The molecule has 1 rings (SSSR count). The fraction of sp³-hybridized carbons (Fsp3) is 0.765. The molecule has 0 aliphatic carbocycles. The van der Waals surface area contributed by atoms with Crippen molar-refractivity contribution >= 4 is 5.91 Å². The van der Waals surface area contributed by atoms with Crippen LogP contribution in [-0.2, 0) is 6.42 Å². The van der Waals surface area contributed by atoms with Crippen LogP contribution in [0.3, 0.4) is 0 Å². The summed E-state index contributed by atoms with van der Waals surface area (Å²) in [5, 5.41) is 6.95. The van der Waals surface area contributed by atoms with Crippen molar-refractivity contribution in [2.45, 2.75) is 60.4 Å². The minimum atomic E-state index is -0.146. The number of nitrogens with zero attached hydrogens (tertiary/aromatic N) is 2. The van der Waals surface area contributed by atoms with Crippen LogP contribution in [0, 0.1) is 12.3 Å². The highest BCUT2D eigenvalue weighted by Gasteiger charge is 2.32. The van der Waals surface area contributed by atoms with E-state index in [4.69, 9.17) is 4.52 Å². The lowest BCUT2D eigenvalue weighted by Crippen LogP contribution is -2.48. The summed E-state index contributed by atoms with van der Waals surface area (Å²) in [5.74, 6) is 0.634. The van der Waals surface area contributed by atoms with E-state index in [1.807, 2.05) is 13.8 Å². The molecule has 0 fully saturated rings. The second kappa shape index (κ2) is 7.77. The highest BCUT2D eigenvalue weighted by molar-refractivity contribution is 5.93. The summed E-state index contributed by atoms with van der Waals surface area (Å²) in [7, 11) is 2.12. The van der Waals surface area contributed by atoms with Gasteiger partial charge >= 0.3 is 0 Å². The molecule has 0 aromatic carbocycles. The van der Waals surface area contributed by atoms with Crippen molar-refractivity contribution in [3.8, 4) is 0 Å². The second-order valence-corrected chi connectivity index (χ2v) is 6.37. The number of carbonyl (C=O) groups excluding carboxylic acids is 1. The van der Waals surface area contributed by atoms with Gasteiger partial charge in [-0.2, -0.15) is 0 Å². The molecule has 0 radical (unpaired) electrons. The topological polar surface area (TPSA) is 58.4 Å². The van der Waals surface area contributed by atoms with Crippen LogP contribution in [-0.4, -0.2) is 42.1 Å². The first kappa shape index (κ1) is 18.7. The predicted molar refractivity (Wildman–Crippen MR) is 89.1 cm³/mol. The summed E-state index contributed by atoms with van der Waals surface area (Å²) >= 11 is 0. The molecule has 5 heteroatoms. The van der Waals surface area contributed by atoms with E-state index in [1.54, 1.807) is 0 Å². The molecule has 126 valence electrons. The molecule has 0 aliphatic rings. The molecule has 1 heterocycles. The molecule has 22 heavy (non-hydrogen) atoms. The highest BCUT2D eigenvalue weighted by Crippen LogP contribution is 2.28. The zero-order valence-corrected chi connectivity index (χ0v) is 15.1. The van der Waals surface area contributed by atoms with Gasteiger partial charge in [0.2, 0.25) is 0 Å². The molecule has 0 aliphatic heterocycles. The molecule has 2 atom stereocenters. The van der Waals surface area contributed by atoms with E-state index in [1.165, 1.54) is 0 Å². The molecular formula is C17H31N3O2. The van der Waals surface area contributed by atoms with Gasteiger partial charge in [0.05, 0.1) is 0 Å². The first-order valence-electron chi connectivity index (χ1n) is 8.24. The van der Waals surface area contributed by atoms with Crippen LogP contribution in [0.4, 0.5) is 0 Å². The van der Waals surface area contributed by atoms with Gasteiger partial charge in [0.25, 0.3) is 5.91 Å². The van der Waals surface area contributed by atoms with Crippen molar-refractivity contribution in [2.24, 2.45) is 5.41 Å². The Hall–Kier alpha value is -1.36. The van der Waals surface area contributed by atoms with Gasteiger partial charge in [0.15, 0.2) is 5.69 Å². The van der Waals surface area contributed by atoms with E-state index in [2.05, 4.69) is 50.1 Å². The predicted octanol–water partition coefficient (Wildman–Crippen LogP) is 3.03. The lowest BCUT2D eigenvalue weighted by Gasteiger charge is -2.40. The Kier molecular flexibility index (Phi) is 6.60. The Labute approximate surface area is 134 Å². The number of aryl methyl sites for hydroxylation is 1. The Balaban J connectivity index is 2.77. The molecule has 1 N–H and O–H groups in total. The lowest BCUT2D eigenvalue weighted by atomic mass is 9.79. The average molecular weight is 309 g/mol. The third kappa shape index (κ3) is 3.88. The maximum absolute atomic E-state index is 12.4. The molecule has 0 saturated carbocycles. The van der Waals surface area contributed by atoms with Crippen molar-refractivity contribution in [3.63, 3.8) is 0 Å². The normalized spacial score (nSPS) is 15.6. The first-order chi connectivity index (χ1) is 10.3. The van der Waals surface area contributed by atoms with Crippen molar-refractivity contribution in [2.75, 3.05) is 20.1 Å². The maximum Gasteiger partial charge on any atom is 0.273 e. The fourth-order valence-corrected chi connectivity index (χ4v) is 2.65. The van der Waals surface area contributed by atoms with Gasteiger partial charge in [0.1, 0.15) is 5.76 Å². The molecule has 1 aromatic rings. The Bertz CT molecular complexity index is 498. The summed E-state index contributed by atoms with van der Waals surface area (Å²) in [5.41, 5.74) is 1.27. The Morgan fingerprint density at radius 2 is 2.05 bits per heavy atom. The van der Waals surface area contributed by atoms with Crippen molar-refractivity contribution in [3.05, 3.63) is 17.0 Å². The largest absolute Gasteiger partial charge is 0.360 e. The number of aromatic nitrogens is 1. The van der Waals surface area contributed by atoms with E-state index < -0.39 is 0 Å². The molecule has 0 bridgehead atoms. The number of carbonyl (C=O) groups is 1. The zero-order chi connectivity index (χ0) is 16.9. The summed E-state index contributed by atoms with van der Waals surface area (Å²) in [6, 6.07) is 0.382. The Morgan fingerprint density at radius 3 is 2.50 bits per heavy atom. The second-order valence-electron chi connectivity index (χ2n) is 6.37. The summed E-state index contributed by atoms with van der Waals surface area (Å²) in [4.78, 5) is 14.7. The van der Waals surface area contributed by atoms with E-state index in [9.17, 15) is 4.79 Å². The van der Waals surface area contributed by atoms with Crippen LogP contribution >= 0.6 is 0 Å². The third-order valence-corrected chi connectivity index (χ3v) is 5.19. The summed E-state index contributed by atoms with van der Waals surface area (Å²) in [6.45, 7) is 14.3. The molecule has 0 spiro atoms. The van der Waals surface area contributed by atoms with Crippen LogP contribution in [0.2, 0.25) is 0 Å². The standard InChI is InChI=1S/C17H31N3O2/c1-8-14-12(4)15(19-22-14)16(21)18-11-17(6,9-2)13(5)20(7)10-3/h13H,8-11H2,1-7H3,(H,18,21). The van der Waals surface area contributed by atoms with Crippen molar-refractivity contribution in [1.29, 1.82) is 0 Å². The molecule has 1 amide bonds. The van der Waals surface area contributed by atoms with E-state index in [0.29, 0.717) is 18.3 Å². The molecule has 2 unspecified atom stereocenters. The van der Waals surface area contributed by atoms with Crippen molar-refractivity contribution < 1.29 is 9.32 Å².